The lowest BCUT2D eigenvalue weighted by atomic mass is 9.85. The number of methoxy groups -OCH3 is 1. The van der Waals surface area contributed by atoms with Gasteiger partial charge in [-0.3, -0.25) is 0 Å². The number of fused-ring (bicyclic) bond motifs is 1. The largest absolute Gasteiger partial charge is 0.487 e. The van der Waals surface area contributed by atoms with Crippen molar-refractivity contribution in [3.8, 4) is 11.5 Å². The number of hydrogen-bond donors (Lipinski definition) is 1. The third-order valence-electron chi connectivity index (χ3n) is 5.78. The Morgan fingerprint density at radius 3 is 2.57 bits per heavy atom. The average Bonchev–Trinajstić information content (AvgIpc) is 2.65. The van der Waals surface area contributed by atoms with Crippen molar-refractivity contribution in [2.45, 2.75) is 66.4 Å². The predicted octanol–water partition coefficient (Wildman–Crippen LogP) is 5.52. The summed E-state index contributed by atoms with van der Waals surface area (Å²) in [5.41, 5.74) is 6.32. The molecular formula is C24H32N2O3S. The molecule has 1 aliphatic heterocycles. The van der Waals surface area contributed by atoms with E-state index in [2.05, 4.69) is 51.0 Å². The Hall–Kier alpha value is -2.18. The van der Waals surface area contributed by atoms with E-state index in [0.29, 0.717) is 6.42 Å². The quantitative estimate of drug-likeness (QED) is 0.483. The van der Waals surface area contributed by atoms with E-state index in [-0.39, 0.29) is 12.4 Å². The van der Waals surface area contributed by atoms with Crippen LogP contribution in [0.25, 0.3) is 0 Å². The molecule has 2 aromatic rings. The number of thiocarbonyl (C=S) groups is 1. The molecule has 0 saturated heterocycles. The number of pyridine rings is 1. The van der Waals surface area contributed by atoms with E-state index in [9.17, 15) is 0 Å². The summed E-state index contributed by atoms with van der Waals surface area (Å²) in [4.78, 5) is 5.27. The Bertz CT molecular complexity index is 953. The van der Waals surface area contributed by atoms with Gasteiger partial charge in [-0.2, -0.15) is 0 Å². The molecule has 0 radical (unpaired) electrons. The molecule has 30 heavy (non-hydrogen) atoms. The SMILES string of the molecule is COCOc1c(C)c(C)c2c(c1C)CCC(C)(CC(=S)Nc1cc(C)cc(C)n1)O2. The fourth-order valence-electron chi connectivity index (χ4n) is 4.17. The van der Waals surface area contributed by atoms with Crippen LogP contribution in [0, 0.1) is 34.6 Å². The number of aryl methyl sites for hydroxylation is 2. The first-order chi connectivity index (χ1) is 14.1. The van der Waals surface area contributed by atoms with Gasteiger partial charge in [-0.15, -0.1) is 0 Å². The van der Waals surface area contributed by atoms with Gasteiger partial charge in [-0.1, -0.05) is 12.2 Å². The highest BCUT2D eigenvalue weighted by molar-refractivity contribution is 7.80. The smallest absolute Gasteiger partial charge is 0.188 e. The Kier molecular flexibility index (Phi) is 6.68. The van der Waals surface area contributed by atoms with E-state index in [1.165, 1.54) is 5.56 Å². The van der Waals surface area contributed by atoms with Gasteiger partial charge in [-0.25, -0.2) is 4.98 Å². The minimum Gasteiger partial charge on any atom is -0.487 e. The molecule has 1 N–H and O–H groups in total. The van der Waals surface area contributed by atoms with Gasteiger partial charge < -0.3 is 19.5 Å². The van der Waals surface area contributed by atoms with Crippen molar-refractivity contribution in [1.29, 1.82) is 0 Å². The number of hydrogen-bond acceptors (Lipinski definition) is 5. The summed E-state index contributed by atoms with van der Waals surface area (Å²) in [5, 5.41) is 3.30. The molecule has 1 aromatic heterocycles. The Morgan fingerprint density at radius 2 is 1.90 bits per heavy atom. The van der Waals surface area contributed by atoms with Crippen molar-refractivity contribution >= 4 is 23.0 Å². The number of aromatic nitrogens is 1. The number of nitrogens with zero attached hydrogens (tertiary/aromatic N) is 1. The maximum absolute atomic E-state index is 6.59. The van der Waals surface area contributed by atoms with Crippen LogP contribution in [0.1, 0.15) is 53.3 Å². The van der Waals surface area contributed by atoms with Crippen LogP contribution in [-0.4, -0.2) is 29.5 Å². The van der Waals surface area contributed by atoms with Gasteiger partial charge in [0.2, 0.25) is 0 Å². The van der Waals surface area contributed by atoms with Crippen LogP contribution in [-0.2, 0) is 11.2 Å². The van der Waals surface area contributed by atoms with Gasteiger partial charge in [-0.05, 0) is 88.8 Å². The number of benzene rings is 1. The minimum atomic E-state index is -0.367. The van der Waals surface area contributed by atoms with E-state index in [1.54, 1.807) is 7.11 Å². The molecule has 3 rings (SSSR count). The second-order valence-corrected chi connectivity index (χ2v) is 9.00. The topological polar surface area (TPSA) is 52.6 Å². The van der Waals surface area contributed by atoms with Crippen LogP contribution in [0.2, 0.25) is 0 Å². The first-order valence-electron chi connectivity index (χ1n) is 10.3. The van der Waals surface area contributed by atoms with Crippen molar-refractivity contribution in [3.05, 3.63) is 45.6 Å². The number of ether oxygens (including phenoxy) is 3. The fourth-order valence-corrected chi connectivity index (χ4v) is 4.58. The molecule has 0 saturated carbocycles. The lowest BCUT2D eigenvalue weighted by Gasteiger charge is -2.38. The van der Waals surface area contributed by atoms with E-state index in [4.69, 9.17) is 26.4 Å². The number of rotatable bonds is 6. The van der Waals surface area contributed by atoms with Crippen LogP contribution >= 0.6 is 12.2 Å². The third kappa shape index (κ3) is 4.76. The third-order valence-corrected chi connectivity index (χ3v) is 6.03. The van der Waals surface area contributed by atoms with Gasteiger partial charge >= 0.3 is 0 Å². The van der Waals surface area contributed by atoms with Crippen molar-refractivity contribution in [2.75, 3.05) is 19.2 Å². The summed E-state index contributed by atoms with van der Waals surface area (Å²) in [6, 6.07) is 4.06. The maximum atomic E-state index is 6.59. The first-order valence-corrected chi connectivity index (χ1v) is 10.7. The fraction of sp³-hybridized carbons (Fsp3) is 0.500. The Balaban J connectivity index is 1.79. The molecular weight excluding hydrogens is 396 g/mol. The highest BCUT2D eigenvalue weighted by Gasteiger charge is 2.35. The molecule has 1 aliphatic rings. The van der Waals surface area contributed by atoms with Gasteiger partial charge in [0, 0.05) is 24.8 Å². The summed E-state index contributed by atoms with van der Waals surface area (Å²) in [5.74, 6) is 2.66. The number of anilines is 1. The monoisotopic (exact) mass is 428 g/mol. The van der Waals surface area contributed by atoms with Gasteiger partial charge in [0.1, 0.15) is 22.9 Å². The van der Waals surface area contributed by atoms with Crippen molar-refractivity contribution in [2.24, 2.45) is 0 Å². The molecule has 0 amide bonds. The zero-order valence-electron chi connectivity index (χ0n) is 19.1. The van der Waals surface area contributed by atoms with Crippen LogP contribution < -0.4 is 14.8 Å². The molecule has 6 heteroatoms. The number of nitrogens with one attached hydrogen (secondary N) is 1. The zero-order valence-corrected chi connectivity index (χ0v) is 19.9. The summed E-state index contributed by atoms with van der Waals surface area (Å²) in [7, 11) is 1.63. The molecule has 162 valence electrons. The highest BCUT2D eigenvalue weighted by atomic mass is 32.1. The summed E-state index contributed by atoms with van der Waals surface area (Å²) >= 11 is 5.66. The summed E-state index contributed by atoms with van der Waals surface area (Å²) in [6.45, 7) is 12.7. The van der Waals surface area contributed by atoms with Gasteiger partial charge in [0.15, 0.2) is 6.79 Å². The second kappa shape index (κ2) is 8.90. The molecule has 2 heterocycles. The van der Waals surface area contributed by atoms with E-state index in [0.717, 1.165) is 63.1 Å². The lowest BCUT2D eigenvalue weighted by Crippen LogP contribution is -2.40. The van der Waals surface area contributed by atoms with E-state index >= 15 is 0 Å². The van der Waals surface area contributed by atoms with Crippen LogP contribution in [0.5, 0.6) is 11.5 Å². The summed E-state index contributed by atoms with van der Waals surface area (Å²) in [6.07, 6.45) is 2.44. The minimum absolute atomic E-state index is 0.241. The van der Waals surface area contributed by atoms with Crippen molar-refractivity contribution < 1.29 is 14.2 Å². The molecule has 0 spiro atoms. The maximum Gasteiger partial charge on any atom is 0.188 e. The second-order valence-electron chi connectivity index (χ2n) is 8.51. The molecule has 0 bridgehead atoms. The molecule has 1 unspecified atom stereocenters. The normalized spacial score (nSPS) is 17.8. The van der Waals surface area contributed by atoms with Gasteiger partial charge in [0.05, 0.1) is 4.99 Å². The molecule has 1 aromatic carbocycles. The molecule has 0 fully saturated rings. The van der Waals surface area contributed by atoms with E-state index < -0.39 is 0 Å². The predicted molar refractivity (Wildman–Crippen MR) is 125 cm³/mol. The van der Waals surface area contributed by atoms with Crippen molar-refractivity contribution in [1.82, 2.24) is 4.98 Å². The Morgan fingerprint density at radius 1 is 1.17 bits per heavy atom. The Labute approximate surface area is 185 Å². The molecule has 1 atom stereocenters. The molecule has 5 nitrogen and oxygen atoms in total. The summed E-state index contributed by atoms with van der Waals surface area (Å²) < 4.78 is 17.5. The highest BCUT2D eigenvalue weighted by Crippen LogP contribution is 2.44. The van der Waals surface area contributed by atoms with Crippen LogP contribution in [0.15, 0.2) is 12.1 Å². The standard InChI is InChI=1S/C24H32N2O3S/c1-14-10-15(2)25-20(11-14)26-21(30)12-24(6)9-8-19-18(5)22(28-13-27-7)16(3)17(4)23(19)29-24/h10-11H,8-9,12-13H2,1-7H3,(H,25,26,30). The first kappa shape index (κ1) is 22.5. The van der Waals surface area contributed by atoms with E-state index in [1.807, 2.05) is 13.0 Å². The molecule has 0 aliphatic carbocycles. The average molecular weight is 429 g/mol. The van der Waals surface area contributed by atoms with Crippen LogP contribution in [0.3, 0.4) is 0 Å². The van der Waals surface area contributed by atoms with Crippen molar-refractivity contribution in [3.63, 3.8) is 0 Å². The van der Waals surface area contributed by atoms with Gasteiger partial charge in [0.25, 0.3) is 0 Å². The lowest BCUT2D eigenvalue weighted by molar-refractivity contribution is 0.0486. The van der Waals surface area contributed by atoms with Crippen LogP contribution in [0.4, 0.5) is 5.82 Å². The zero-order chi connectivity index (χ0) is 22.1.